The molecule has 3 aliphatic rings. The van der Waals surface area contributed by atoms with Crippen LogP contribution < -0.4 is 4.90 Å². The van der Waals surface area contributed by atoms with Gasteiger partial charge in [0.1, 0.15) is 11.5 Å². The smallest absolute Gasteiger partial charge is 0.186 e. The van der Waals surface area contributed by atoms with E-state index in [9.17, 15) is 0 Å². The lowest BCUT2D eigenvalue weighted by Gasteiger charge is -2.38. The molecule has 1 saturated carbocycles. The highest BCUT2D eigenvalue weighted by Gasteiger charge is 2.43. The average molecular weight is 581 g/mol. The third-order valence-corrected chi connectivity index (χ3v) is 9.97. The fraction of sp³-hybridized carbons (Fsp3) is 0.419. The average Bonchev–Trinajstić information content (AvgIpc) is 3.39. The third-order valence-electron chi connectivity index (χ3n) is 8.49. The molecule has 3 fully saturated rings. The van der Waals surface area contributed by atoms with E-state index in [4.69, 9.17) is 37.4 Å². The molecule has 0 unspecified atom stereocenters. The van der Waals surface area contributed by atoms with Crippen LogP contribution in [0.4, 0.5) is 5.13 Å². The van der Waals surface area contributed by atoms with Crippen molar-refractivity contribution < 1.29 is 9.26 Å². The van der Waals surface area contributed by atoms with Crippen LogP contribution in [0.3, 0.4) is 0 Å². The predicted octanol–water partition coefficient (Wildman–Crippen LogP) is 8.98. The molecule has 2 aromatic heterocycles. The number of hydrogen-bond acceptors (Lipinski definition) is 6. The Hall–Kier alpha value is -2.38. The molecule has 0 amide bonds. The monoisotopic (exact) mass is 579 g/mol. The number of halogens is 2. The number of aromatic nitrogens is 2. The van der Waals surface area contributed by atoms with E-state index in [-0.39, 0.29) is 6.10 Å². The first kappa shape index (κ1) is 25.6. The number of ether oxygens (including phenoxy) is 1. The maximum absolute atomic E-state index is 6.62. The van der Waals surface area contributed by atoms with E-state index in [0.29, 0.717) is 34.7 Å². The molecule has 2 aliphatic heterocycles. The van der Waals surface area contributed by atoms with E-state index < -0.39 is 0 Å². The summed E-state index contributed by atoms with van der Waals surface area (Å²) < 4.78 is 12.5. The van der Waals surface area contributed by atoms with Gasteiger partial charge >= 0.3 is 0 Å². The van der Waals surface area contributed by atoms with Crippen LogP contribution in [0.1, 0.15) is 66.9 Å². The summed E-state index contributed by atoms with van der Waals surface area (Å²) in [5, 5.41) is 8.93. The van der Waals surface area contributed by atoms with Crippen molar-refractivity contribution in [1.82, 2.24) is 10.1 Å². The van der Waals surface area contributed by atoms with Crippen molar-refractivity contribution in [2.45, 2.75) is 83.1 Å². The standard InChI is InChI=1S/C31H31Cl2N3O2S/c1-17-6-11-23(18(2)12-17)27-16-39-31(34-27)36-20-9-10-21(36)14-22(13-20)37-15-24-29(35-38-30(24)19-7-8-19)28-25(32)4-3-5-26(28)33/h3-6,11-12,16,19-22H,7-10,13-15H2,1-2H3/t20-,21+,22+. The summed E-state index contributed by atoms with van der Waals surface area (Å²) >= 11 is 14.9. The van der Waals surface area contributed by atoms with Gasteiger partial charge in [0.15, 0.2) is 5.13 Å². The summed E-state index contributed by atoms with van der Waals surface area (Å²) in [6.45, 7) is 4.77. The number of benzene rings is 2. The fourth-order valence-electron chi connectivity index (χ4n) is 6.43. The van der Waals surface area contributed by atoms with Crippen molar-refractivity contribution in [3.63, 3.8) is 0 Å². The quantitative estimate of drug-likeness (QED) is 0.218. The van der Waals surface area contributed by atoms with Gasteiger partial charge in [0, 0.05) is 40.1 Å². The van der Waals surface area contributed by atoms with Gasteiger partial charge in [-0.25, -0.2) is 4.98 Å². The van der Waals surface area contributed by atoms with Gasteiger partial charge in [0.2, 0.25) is 0 Å². The zero-order chi connectivity index (χ0) is 26.7. The number of hydrogen-bond donors (Lipinski definition) is 0. The minimum atomic E-state index is 0.189. The van der Waals surface area contributed by atoms with E-state index in [1.165, 1.54) is 29.5 Å². The molecule has 7 rings (SSSR count). The normalized spacial score (nSPS) is 22.6. The Labute approximate surface area is 243 Å². The molecule has 4 aromatic rings. The van der Waals surface area contributed by atoms with Crippen LogP contribution in [0.25, 0.3) is 22.5 Å². The molecule has 3 atom stereocenters. The summed E-state index contributed by atoms with van der Waals surface area (Å²) in [5.41, 5.74) is 7.31. The van der Waals surface area contributed by atoms with E-state index in [0.717, 1.165) is 59.1 Å². The zero-order valence-electron chi connectivity index (χ0n) is 22.1. The second kappa shape index (κ2) is 10.2. The summed E-state index contributed by atoms with van der Waals surface area (Å²) in [6, 6.07) is 13.0. The molecule has 1 aliphatic carbocycles. The molecule has 5 nitrogen and oxygen atoms in total. The molecule has 0 spiro atoms. The maximum Gasteiger partial charge on any atom is 0.186 e. The second-order valence-electron chi connectivity index (χ2n) is 11.3. The molecular weight excluding hydrogens is 549 g/mol. The van der Waals surface area contributed by atoms with Crippen LogP contribution in [0.15, 0.2) is 46.3 Å². The molecule has 202 valence electrons. The number of anilines is 1. The highest BCUT2D eigenvalue weighted by atomic mass is 35.5. The fourth-order valence-corrected chi connectivity index (χ4v) is 7.98. The highest BCUT2D eigenvalue weighted by Crippen LogP contribution is 2.47. The molecule has 2 bridgehead atoms. The molecule has 0 radical (unpaired) electrons. The lowest BCUT2D eigenvalue weighted by molar-refractivity contribution is 0.0147. The van der Waals surface area contributed by atoms with Crippen LogP contribution >= 0.6 is 34.5 Å². The minimum Gasteiger partial charge on any atom is -0.373 e. The van der Waals surface area contributed by atoms with E-state index in [2.05, 4.69) is 47.5 Å². The molecule has 8 heteroatoms. The molecular formula is C31H31Cl2N3O2S. The number of nitrogens with zero attached hydrogens (tertiary/aromatic N) is 3. The number of rotatable bonds is 7. The van der Waals surface area contributed by atoms with E-state index in [1.54, 1.807) is 11.3 Å². The van der Waals surface area contributed by atoms with Crippen LogP contribution in [0, 0.1) is 13.8 Å². The van der Waals surface area contributed by atoms with Crippen molar-refractivity contribution in [2.75, 3.05) is 4.90 Å². The largest absolute Gasteiger partial charge is 0.373 e. The number of fused-ring (bicyclic) bond motifs is 2. The number of thiazole rings is 1. The van der Waals surface area contributed by atoms with Crippen molar-refractivity contribution >= 4 is 39.7 Å². The Bertz CT molecular complexity index is 1490. The Morgan fingerprint density at radius 2 is 1.77 bits per heavy atom. The lowest BCUT2D eigenvalue weighted by atomic mass is 10.00. The highest BCUT2D eigenvalue weighted by molar-refractivity contribution is 7.14. The Morgan fingerprint density at radius 3 is 2.46 bits per heavy atom. The van der Waals surface area contributed by atoms with Gasteiger partial charge < -0.3 is 14.2 Å². The summed E-state index contributed by atoms with van der Waals surface area (Å²) in [6.07, 6.45) is 6.81. The van der Waals surface area contributed by atoms with Gasteiger partial charge in [-0.2, -0.15) is 0 Å². The van der Waals surface area contributed by atoms with Crippen LogP contribution in [0.5, 0.6) is 0 Å². The van der Waals surface area contributed by atoms with Crippen LogP contribution in [0.2, 0.25) is 10.0 Å². The minimum absolute atomic E-state index is 0.189. The first-order valence-corrected chi connectivity index (χ1v) is 15.5. The first-order chi connectivity index (χ1) is 19.0. The molecule has 4 heterocycles. The van der Waals surface area contributed by atoms with Gasteiger partial charge in [-0.05, 0) is 70.1 Å². The predicted molar refractivity (Wildman–Crippen MR) is 158 cm³/mol. The van der Waals surface area contributed by atoms with Crippen molar-refractivity contribution in [2.24, 2.45) is 0 Å². The van der Waals surface area contributed by atoms with Gasteiger partial charge in [0.25, 0.3) is 0 Å². The zero-order valence-corrected chi connectivity index (χ0v) is 24.5. The van der Waals surface area contributed by atoms with Crippen molar-refractivity contribution in [3.05, 3.63) is 74.3 Å². The van der Waals surface area contributed by atoms with Gasteiger partial charge in [-0.1, -0.05) is 58.2 Å². The summed E-state index contributed by atoms with van der Waals surface area (Å²) in [4.78, 5) is 7.68. The SMILES string of the molecule is Cc1ccc(-c2csc(N3[C@@H]4CC[C@H]3C[C@@H](OCc3c(-c5c(Cl)cccc5Cl)noc3C3CC3)C4)n2)c(C)c1. The molecule has 2 saturated heterocycles. The van der Waals surface area contributed by atoms with E-state index in [1.807, 2.05) is 18.2 Å². The van der Waals surface area contributed by atoms with Gasteiger partial charge in [-0.15, -0.1) is 11.3 Å². The van der Waals surface area contributed by atoms with Crippen LogP contribution in [-0.2, 0) is 11.3 Å². The van der Waals surface area contributed by atoms with Crippen LogP contribution in [-0.4, -0.2) is 28.3 Å². The second-order valence-corrected chi connectivity index (χ2v) is 12.9. The molecule has 2 aromatic carbocycles. The Kier molecular flexibility index (Phi) is 6.71. The summed E-state index contributed by atoms with van der Waals surface area (Å²) in [7, 11) is 0. The van der Waals surface area contributed by atoms with Crippen molar-refractivity contribution in [3.8, 4) is 22.5 Å². The van der Waals surface area contributed by atoms with Crippen molar-refractivity contribution in [1.29, 1.82) is 0 Å². The third kappa shape index (κ3) is 4.80. The summed E-state index contributed by atoms with van der Waals surface area (Å²) in [5.74, 6) is 1.35. The Morgan fingerprint density at radius 1 is 1.03 bits per heavy atom. The molecule has 39 heavy (non-hydrogen) atoms. The first-order valence-electron chi connectivity index (χ1n) is 13.8. The Balaban J connectivity index is 1.08. The van der Waals surface area contributed by atoms with Gasteiger partial charge in [0.05, 0.1) is 28.5 Å². The maximum atomic E-state index is 6.62. The van der Waals surface area contributed by atoms with E-state index >= 15 is 0 Å². The number of piperidine rings is 1. The number of aryl methyl sites for hydroxylation is 2. The topological polar surface area (TPSA) is 51.4 Å². The lowest BCUT2D eigenvalue weighted by Crippen LogP contribution is -2.45. The molecule has 0 N–H and O–H groups in total. The van der Waals surface area contributed by atoms with Gasteiger partial charge in [-0.3, -0.25) is 0 Å².